The van der Waals surface area contributed by atoms with Crippen LogP contribution in [0, 0.1) is 6.92 Å². The van der Waals surface area contributed by atoms with Crippen molar-refractivity contribution in [2.75, 3.05) is 11.9 Å². The summed E-state index contributed by atoms with van der Waals surface area (Å²) in [5.41, 5.74) is 2.79. The molecule has 2 N–H and O–H groups in total. The van der Waals surface area contributed by atoms with Gasteiger partial charge in [-0.2, -0.15) is 0 Å². The third kappa shape index (κ3) is 3.08. The first-order valence-corrected chi connectivity index (χ1v) is 8.31. The third-order valence-electron chi connectivity index (χ3n) is 3.44. The van der Waals surface area contributed by atoms with Crippen LogP contribution in [0.25, 0.3) is 0 Å². The van der Waals surface area contributed by atoms with E-state index in [0.717, 1.165) is 36.3 Å². The first-order valence-electron chi connectivity index (χ1n) is 6.83. The molecule has 0 radical (unpaired) electrons. The molecule has 0 atom stereocenters. The van der Waals surface area contributed by atoms with E-state index in [-0.39, 0.29) is 11.4 Å². The highest BCUT2D eigenvalue weighted by Gasteiger charge is 2.18. The van der Waals surface area contributed by atoms with Gasteiger partial charge < -0.3 is 9.84 Å². The SMILES string of the molecule is Cc1cc(CNS(=O)(=O)c2ccc3c(c2)NCCC3)on1. The molecule has 112 valence electrons. The molecule has 0 bridgehead atoms. The summed E-state index contributed by atoms with van der Waals surface area (Å²) in [6.45, 7) is 2.76. The van der Waals surface area contributed by atoms with Crippen LogP contribution in [0.4, 0.5) is 5.69 Å². The second-order valence-electron chi connectivity index (χ2n) is 5.11. The van der Waals surface area contributed by atoms with Crippen molar-refractivity contribution < 1.29 is 12.9 Å². The fraction of sp³-hybridized carbons (Fsp3) is 0.357. The standard InChI is InChI=1S/C14H17N3O3S/c1-10-7-12(20-17-10)9-16-21(18,19)13-5-4-11-3-2-6-15-14(11)8-13/h4-5,7-8,15-16H,2-3,6,9H2,1H3. The summed E-state index contributed by atoms with van der Waals surface area (Å²) in [4.78, 5) is 0.256. The average molecular weight is 307 g/mol. The average Bonchev–Trinajstić information content (AvgIpc) is 2.90. The van der Waals surface area contributed by atoms with Gasteiger partial charge in [0.2, 0.25) is 10.0 Å². The molecule has 0 spiro atoms. The lowest BCUT2D eigenvalue weighted by molar-refractivity contribution is 0.377. The lowest BCUT2D eigenvalue weighted by Gasteiger charge is -2.18. The molecule has 2 aromatic rings. The monoisotopic (exact) mass is 307 g/mol. The van der Waals surface area contributed by atoms with Crippen molar-refractivity contribution in [3.8, 4) is 0 Å². The van der Waals surface area contributed by atoms with Crippen LogP contribution in [0.15, 0.2) is 33.7 Å². The van der Waals surface area contributed by atoms with Crippen molar-refractivity contribution in [2.24, 2.45) is 0 Å². The van der Waals surface area contributed by atoms with Gasteiger partial charge in [0.25, 0.3) is 0 Å². The van der Waals surface area contributed by atoms with Crippen molar-refractivity contribution in [1.29, 1.82) is 0 Å². The maximum absolute atomic E-state index is 12.3. The number of nitrogens with one attached hydrogen (secondary N) is 2. The maximum Gasteiger partial charge on any atom is 0.241 e. The molecule has 0 saturated carbocycles. The number of sulfonamides is 1. The van der Waals surface area contributed by atoms with E-state index >= 15 is 0 Å². The van der Waals surface area contributed by atoms with Gasteiger partial charge in [0.1, 0.15) is 0 Å². The van der Waals surface area contributed by atoms with Crippen molar-refractivity contribution in [2.45, 2.75) is 31.2 Å². The lowest BCUT2D eigenvalue weighted by Crippen LogP contribution is -2.23. The van der Waals surface area contributed by atoms with Gasteiger partial charge in [-0.25, -0.2) is 13.1 Å². The van der Waals surface area contributed by atoms with E-state index in [1.807, 2.05) is 6.07 Å². The number of aryl methyl sites for hydroxylation is 2. The largest absolute Gasteiger partial charge is 0.385 e. The molecular weight excluding hydrogens is 290 g/mol. The number of anilines is 1. The van der Waals surface area contributed by atoms with Gasteiger partial charge in [0.05, 0.1) is 17.1 Å². The molecule has 0 unspecified atom stereocenters. The summed E-state index contributed by atoms with van der Waals surface area (Å²) in [5, 5.41) is 6.96. The molecule has 0 saturated heterocycles. The predicted molar refractivity (Wildman–Crippen MR) is 78.5 cm³/mol. The highest BCUT2D eigenvalue weighted by atomic mass is 32.2. The highest BCUT2D eigenvalue weighted by Crippen LogP contribution is 2.25. The predicted octanol–water partition coefficient (Wildman–Crippen LogP) is 1.82. The first-order chi connectivity index (χ1) is 10.0. The van der Waals surface area contributed by atoms with Crippen molar-refractivity contribution in [1.82, 2.24) is 9.88 Å². The zero-order valence-corrected chi connectivity index (χ0v) is 12.5. The molecule has 1 aliphatic rings. The number of benzene rings is 1. The van der Waals surface area contributed by atoms with Crippen LogP contribution in [0.1, 0.15) is 23.4 Å². The van der Waals surface area contributed by atoms with Crippen LogP contribution < -0.4 is 10.0 Å². The fourth-order valence-corrected chi connectivity index (χ4v) is 3.38. The quantitative estimate of drug-likeness (QED) is 0.900. The Kier molecular flexibility index (Phi) is 3.69. The normalized spacial score (nSPS) is 14.5. The van der Waals surface area contributed by atoms with Crippen molar-refractivity contribution >= 4 is 15.7 Å². The van der Waals surface area contributed by atoms with Crippen LogP contribution >= 0.6 is 0 Å². The second kappa shape index (κ2) is 5.50. The number of aromatic nitrogens is 1. The lowest BCUT2D eigenvalue weighted by atomic mass is 10.0. The summed E-state index contributed by atoms with van der Waals surface area (Å²) in [6.07, 6.45) is 2.05. The molecule has 0 fully saturated rings. The third-order valence-corrected chi connectivity index (χ3v) is 4.84. The van der Waals surface area contributed by atoms with E-state index in [1.54, 1.807) is 25.1 Å². The topological polar surface area (TPSA) is 84.2 Å². The van der Waals surface area contributed by atoms with Crippen molar-refractivity contribution in [3.05, 3.63) is 41.3 Å². The number of rotatable bonds is 4. The summed E-state index contributed by atoms with van der Waals surface area (Å²) in [7, 11) is -3.56. The van der Waals surface area contributed by atoms with E-state index in [2.05, 4.69) is 15.2 Å². The molecule has 1 aliphatic heterocycles. The van der Waals surface area contributed by atoms with Gasteiger partial charge >= 0.3 is 0 Å². The minimum absolute atomic E-state index is 0.0910. The van der Waals surface area contributed by atoms with Crippen LogP contribution in [0.3, 0.4) is 0 Å². The fourth-order valence-electron chi connectivity index (χ4n) is 2.36. The summed E-state index contributed by atoms with van der Waals surface area (Å²) in [5.74, 6) is 0.493. The number of nitrogens with zero attached hydrogens (tertiary/aromatic N) is 1. The van der Waals surface area contributed by atoms with Gasteiger partial charge in [-0.05, 0) is 37.5 Å². The van der Waals surface area contributed by atoms with Crippen LogP contribution in [0.2, 0.25) is 0 Å². The highest BCUT2D eigenvalue weighted by molar-refractivity contribution is 7.89. The van der Waals surface area contributed by atoms with Gasteiger partial charge in [0, 0.05) is 18.3 Å². The van der Waals surface area contributed by atoms with E-state index < -0.39 is 10.0 Å². The summed E-state index contributed by atoms with van der Waals surface area (Å²) < 4.78 is 32.1. The molecule has 0 amide bonds. The summed E-state index contributed by atoms with van der Waals surface area (Å²) >= 11 is 0. The van der Waals surface area contributed by atoms with Crippen molar-refractivity contribution in [3.63, 3.8) is 0 Å². The molecule has 1 aromatic heterocycles. The van der Waals surface area contributed by atoms with Gasteiger partial charge in [-0.1, -0.05) is 11.2 Å². The Labute approximate surface area is 123 Å². The minimum atomic E-state index is -3.56. The van der Waals surface area contributed by atoms with Gasteiger partial charge in [0.15, 0.2) is 5.76 Å². The molecule has 0 aliphatic carbocycles. The van der Waals surface area contributed by atoms with Gasteiger partial charge in [-0.15, -0.1) is 0 Å². The zero-order valence-electron chi connectivity index (χ0n) is 11.7. The zero-order chi connectivity index (χ0) is 14.9. The molecule has 21 heavy (non-hydrogen) atoms. The smallest absolute Gasteiger partial charge is 0.241 e. The molecular formula is C14H17N3O3S. The Morgan fingerprint density at radius 1 is 1.38 bits per heavy atom. The van der Waals surface area contributed by atoms with Crippen LogP contribution in [0.5, 0.6) is 0 Å². The van der Waals surface area contributed by atoms with E-state index in [0.29, 0.717) is 5.76 Å². The second-order valence-corrected chi connectivity index (χ2v) is 6.88. The minimum Gasteiger partial charge on any atom is -0.385 e. The Hall–Kier alpha value is -1.86. The van der Waals surface area contributed by atoms with Crippen LogP contribution in [-0.4, -0.2) is 20.1 Å². The Bertz CT molecular complexity index is 753. The van der Waals surface area contributed by atoms with Crippen LogP contribution in [-0.2, 0) is 23.0 Å². The molecule has 1 aromatic carbocycles. The molecule has 6 nitrogen and oxygen atoms in total. The Morgan fingerprint density at radius 3 is 3.00 bits per heavy atom. The number of fused-ring (bicyclic) bond motifs is 1. The summed E-state index contributed by atoms with van der Waals surface area (Å²) in [6, 6.07) is 6.90. The molecule has 7 heteroatoms. The molecule has 2 heterocycles. The maximum atomic E-state index is 12.3. The van der Waals surface area contributed by atoms with E-state index in [4.69, 9.17) is 4.52 Å². The Balaban J connectivity index is 1.78. The number of hydrogen-bond donors (Lipinski definition) is 2. The van der Waals surface area contributed by atoms with Gasteiger partial charge in [-0.3, -0.25) is 0 Å². The number of hydrogen-bond acceptors (Lipinski definition) is 5. The Morgan fingerprint density at radius 2 is 2.24 bits per heavy atom. The van der Waals surface area contributed by atoms with E-state index in [9.17, 15) is 8.42 Å². The van der Waals surface area contributed by atoms with E-state index in [1.165, 1.54) is 0 Å². The first kappa shape index (κ1) is 14.1. The molecule has 3 rings (SSSR count).